The van der Waals surface area contributed by atoms with Gasteiger partial charge in [-0.05, 0) is 403 Å². The normalized spacial score (nSPS) is 29.2. The maximum atomic E-state index is 10.4. The predicted octanol–water partition coefficient (Wildman–Crippen LogP) is 38.5. The van der Waals surface area contributed by atoms with Gasteiger partial charge in [0, 0.05) is 11.1 Å². The molecule has 141 heavy (non-hydrogen) atoms. The van der Waals surface area contributed by atoms with Gasteiger partial charge in [0.1, 0.15) is 34.2 Å². The molecule has 2 heterocycles. The molecule has 10 aliphatic rings. The van der Waals surface area contributed by atoms with E-state index in [2.05, 4.69) is 248 Å². The molecule has 12 rings (SSSR count). The summed E-state index contributed by atoms with van der Waals surface area (Å²) in [5.41, 5.74) is 23.2. The summed E-state index contributed by atoms with van der Waals surface area (Å²) >= 11 is 0. The summed E-state index contributed by atoms with van der Waals surface area (Å²) in [6.07, 6.45) is 80.8. The highest BCUT2D eigenvalue weighted by Crippen LogP contribution is 2.69. The van der Waals surface area contributed by atoms with Crippen LogP contribution in [-0.4, -0.2) is 55.5 Å². The summed E-state index contributed by atoms with van der Waals surface area (Å²) in [6.45, 7) is 78.4. The van der Waals surface area contributed by atoms with Crippen molar-refractivity contribution in [2.45, 2.75) is 521 Å². The number of hydrogen-bond acceptors (Lipinski definition) is 7. The van der Waals surface area contributed by atoms with Gasteiger partial charge in [0.15, 0.2) is 0 Å². The van der Waals surface area contributed by atoms with E-state index in [4.69, 9.17) is 14.6 Å². The molecule has 0 spiro atoms. The summed E-state index contributed by atoms with van der Waals surface area (Å²) in [6, 6.07) is 0. The molecule has 0 radical (unpaired) electrons. The number of phenolic OH excluding ortho intramolecular Hbond substituents is 2. The van der Waals surface area contributed by atoms with Gasteiger partial charge in [-0.15, -0.1) is 0 Å². The molecule has 19 atom stereocenters. The Labute approximate surface area is 870 Å². The fourth-order valence-electron chi connectivity index (χ4n) is 28.0. The maximum absolute atomic E-state index is 10.4. The molecule has 6 fully saturated rings. The highest BCUT2D eigenvalue weighted by Gasteiger charge is 2.59. The zero-order valence-electron chi connectivity index (χ0n) is 97.6. The second-order valence-corrected chi connectivity index (χ2v) is 52.8. The zero-order chi connectivity index (χ0) is 104. The van der Waals surface area contributed by atoms with Crippen molar-refractivity contribution in [2.24, 2.45) is 116 Å². The van der Waals surface area contributed by atoms with E-state index in [9.17, 15) is 20.4 Å². The molecule has 0 saturated heterocycles. The SMILES string of the molecule is C=C1CC[C@H](O)C/C1=C/C=C1\CCC[C@]2(C)[C@@H](C(C)CCCC(C)C)CC[C@@]12C.CC(C)[C@@H](C)/C=C/[C@@H](C)[C@H]1CCC2C3=CC=C4C[C@@H](O)CC[C@@]4(C)C3CC[C@@]21C.CC1=C(/C=C/C(C)=C/C=C/C(C)=C/CO)C(C)(C)CCC1.Cc1c(C)c2c(c(C)c1O)CC[C@@](C)(CCC[C@H](C)CCC[C@H](C)CCCC(C)C)O2.Cc1c(C)c2c(c(C)c1O)CC[C@@](C)(CCC[C@H](C)CCC[C@H](C)CCCC(C)C)O2. The van der Waals surface area contributed by atoms with Crippen LogP contribution < -0.4 is 9.47 Å². The number of allylic oxidation sites excluding steroid dienone is 18. The van der Waals surface area contributed by atoms with Crippen LogP contribution in [0.25, 0.3) is 0 Å². The Bertz CT molecular complexity index is 4480. The van der Waals surface area contributed by atoms with E-state index in [-0.39, 0.29) is 30.0 Å². The number of phenols is 2. The number of rotatable bonds is 39. The van der Waals surface area contributed by atoms with Crippen molar-refractivity contribution in [3.8, 4) is 23.0 Å². The Balaban J connectivity index is 0.000000217. The first-order valence-electron chi connectivity index (χ1n) is 58.8. The van der Waals surface area contributed by atoms with Crippen molar-refractivity contribution < 1.29 is 35.0 Å². The zero-order valence-corrected chi connectivity index (χ0v) is 97.6. The predicted molar refractivity (Wildman–Crippen MR) is 611 cm³/mol. The number of ether oxygens (including phenoxy) is 2. The first-order chi connectivity index (χ1) is 66.3. The van der Waals surface area contributed by atoms with Crippen molar-refractivity contribution in [3.63, 3.8) is 0 Å². The molecule has 2 aromatic rings. The first kappa shape index (κ1) is 121. The average Bonchev–Trinajstić information content (AvgIpc) is 1.54. The van der Waals surface area contributed by atoms with E-state index in [1.807, 2.05) is 46.8 Å². The lowest BCUT2D eigenvalue weighted by atomic mass is 9.50. The van der Waals surface area contributed by atoms with Gasteiger partial charge >= 0.3 is 0 Å². The summed E-state index contributed by atoms with van der Waals surface area (Å²) < 4.78 is 13.2. The standard InChI is InChI=1S/2C29H50O2.C28H44O.C28H46O.C20H30O/c2*1-20(2)12-9-13-21(3)14-10-15-22(4)16-11-18-29(8)19-17-26-25(7)27(30)23(5)24(6)28(26)31-29;1-18(2)19(3)7-8-20(4)24-11-12-25-23-10-9-21-17-22(29)13-15-27(21,5)26(23)14-16-28(24,25)6;1-20(2)9-7-10-22(4)26-16-18-27(5)24(11-8-17-28(26,27)6)14-13-23-19-25(29)15-12-21(23)3;1-16(8-6-9-17(2)13-15-21)11-12-19-18(3)10-7-14-20(19,4)5/h2*20-22,30H,9-19H2,1-8H3;7-10,18-20,22,24-26,29H,11-17H2,1-6H3;13-14,20,22,25-26,29H,3,7-12,15-19H2,1-2,4-6H3;6,8-9,11-13,21H,7,10,14-15H2,1-5H3/b;;8-7+;23-13-,24-14+;9-6+,12-11+,16-8+,17-13+/t2*21-,22-,29-;19-,20+,22-,24+,25?,26?,27+,28+;22?,25-,26+,27-,28+;/m1100./s1. The lowest BCUT2D eigenvalue weighted by Gasteiger charge is -2.55. The van der Waals surface area contributed by atoms with Crippen LogP contribution in [0.5, 0.6) is 23.0 Å². The van der Waals surface area contributed by atoms with Crippen LogP contribution in [0.1, 0.15) is 488 Å². The van der Waals surface area contributed by atoms with E-state index in [0.29, 0.717) is 50.4 Å². The van der Waals surface area contributed by atoms with Crippen LogP contribution in [0.2, 0.25) is 0 Å². The minimum Gasteiger partial charge on any atom is -0.507 e. The van der Waals surface area contributed by atoms with Crippen molar-refractivity contribution in [1.82, 2.24) is 0 Å². The first-order valence-corrected chi connectivity index (χ1v) is 58.8. The van der Waals surface area contributed by atoms with Gasteiger partial charge in [0.2, 0.25) is 0 Å². The van der Waals surface area contributed by atoms with Gasteiger partial charge < -0.3 is 35.0 Å². The summed E-state index contributed by atoms with van der Waals surface area (Å²) in [4.78, 5) is 0. The number of aromatic hydroxyl groups is 2. The molecule has 3 unspecified atom stereocenters. The molecule has 5 N–H and O–H groups in total. The molecule has 0 bridgehead atoms. The van der Waals surface area contributed by atoms with Gasteiger partial charge in [-0.3, -0.25) is 0 Å². The smallest absolute Gasteiger partial charge is 0.127 e. The molecular weight excluding hydrogens is 1720 g/mol. The third-order valence-electron chi connectivity index (χ3n) is 39.1. The van der Waals surface area contributed by atoms with Crippen LogP contribution in [0.3, 0.4) is 0 Å². The molecule has 798 valence electrons. The van der Waals surface area contributed by atoms with Crippen LogP contribution >= 0.6 is 0 Å². The molecule has 8 aliphatic carbocycles. The van der Waals surface area contributed by atoms with E-state index >= 15 is 0 Å². The Morgan fingerprint density at radius 2 is 0.972 bits per heavy atom. The highest BCUT2D eigenvalue weighted by molar-refractivity contribution is 5.60. The molecule has 7 nitrogen and oxygen atoms in total. The molecular formula is C134H220O7. The molecule has 2 aromatic carbocycles. The quantitative estimate of drug-likeness (QED) is 0.0334. The van der Waals surface area contributed by atoms with Gasteiger partial charge in [-0.1, -0.05) is 373 Å². The minimum atomic E-state index is -0.181. The van der Waals surface area contributed by atoms with E-state index < -0.39 is 0 Å². The average molecular weight is 1940 g/mol. The third-order valence-corrected chi connectivity index (χ3v) is 39.1. The highest BCUT2D eigenvalue weighted by atomic mass is 16.5. The van der Waals surface area contributed by atoms with Crippen LogP contribution in [0.15, 0.2) is 130 Å². The van der Waals surface area contributed by atoms with E-state index in [0.717, 1.165) is 198 Å². The Kier molecular flexibility index (Phi) is 47.4. The maximum Gasteiger partial charge on any atom is 0.127 e. The van der Waals surface area contributed by atoms with Crippen molar-refractivity contribution in [3.05, 3.63) is 174 Å². The number of benzene rings is 2. The Morgan fingerprint density at radius 1 is 0.468 bits per heavy atom. The van der Waals surface area contributed by atoms with Crippen LogP contribution in [0, 0.1) is 157 Å². The number of aliphatic hydroxyl groups excluding tert-OH is 3. The number of aliphatic hydroxyl groups is 3. The topological polar surface area (TPSA) is 120 Å². The molecule has 0 aromatic heterocycles. The fraction of sp³-hybridized carbons (Fsp3) is 0.746. The van der Waals surface area contributed by atoms with Crippen molar-refractivity contribution >= 4 is 0 Å². The fourth-order valence-corrected chi connectivity index (χ4v) is 28.0. The Morgan fingerprint density at radius 3 is 1.48 bits per heavy atom. The van der Waals surface area contributed by atoms with Crippen LogP contribution in [-0.2, 0) is 12.8 Å². The van der Waals surface area contributed by atoms with Gasteiger partial charge in [0.25, 0.3) is 0 Å². The van der Waals surface area contributed by atoms with Crippen molar-refractivity contribution in [1.29, 1.82) is 0 Å². The van der Waals surface area contributed by atoms with E-state index in [1.54, 1.807) is 17.2 Å². The second kappa shape index (κ2) is 55.3. The molecule has 7 heteroatoms. The second-order valence-electron chi connectivity index (χ2n) is 52.8. The molecule has 0 amide bonds. The lowest BCUT2D eigenvalue weighted by molar-refractivity contribution is 0.0341. The lowest BCUT2D eigenvalue weighted by Crippen LogP contribution is -2.46. The number of fused-ring (bicyclic) bond motifs is 8. The molecule has 6 saturated carbocycles. The summed E-state index contributed by atoms with van der Waals surface area (Å²) in [5, 5.41) is 49.9. The van der Waals surface area contributed by atoms with Gasteiger partial charge in [0.05, 0.1) is 18.8 Å². The van der Waals surface area contributed by atoms with E-state index in [1.165, 1.54) is 250 Å². The third kappa shape index (κ3) is 33.3. The monoisotopic (exact) mass is 1940 g/mol. The Hall–Kier alpha value is -5.34. The summed E-state index contributed by atoms with van der Waals surface area (Å²) in [5.74, 6) is 15.0. The molecule has 2 aliphatic heterocycles. The number of hydrogen-bond donors (Lipinski definition) is 5. The van der Waals surface area contributed by atoms with Gasteiger partial charge in [-0.2, -0.15) is 0 Å². The largest absolute Gasteiger partial charge is 0.507 e. The van der Waals surface area contributed by atoms with Crippen LogP contribution in [0.4, 0.5) is 0 Å². The minimum absolute atomic E-state index is 0.0712. The summed E-state index contributed by atoms with van der Waals surface area (Å²) in [7, 11) is 0. The van der Waals surface area contributed by atoms with Gasteiger partial charge in [-0.25, -0.2) is 0 Å². The van der Waals surface area contributed by atoms with Crippen molar-refractivity contribution in [2.75, 3.05) is 6.61 Å².